The van der Waals surface area contributed by atoms with E-state index in [0.29, 0.717) is 25.4 Å². The van der Waals surface area contributed by atoms with Gasteiger partial charge in [-0.1, -0.05) is 0 Å². The monoisotopic (exact) mass is 356 g/mol. The average Bonchev–Trinajstić information content (AvgIpc) is 3.08. The van der Waals surface area contributed by atoms with E-state index in [4.69, 9.17) is 0 Å². The Morgan fingerprint density at radius 2 is 1.85 bits per heavy atom. The predicted octanol–water partition coefficient (Wildman–Crippen LogP) is 2.12. The first kappa shape index (κ1) is 16.3. The van der Waals surface area contributed by atoms with Crippen LogP contribution in [0, 0.1) is 23.2 Å². The van der Waals surface area contributed by atoms with Crippen LogP contribution in [0.5, 0.6) is 0 Å². The van der Waals surface area contributed by atoms with E-state index in [-0.39, 0.29) is 17.4 Å². The smallest absolute Gasteiger partial charge is 0.229 e. The van der Waals surface area contributed by atoms with E-state index in [9.17, 15) is 9.59 Å². The van der Waals surface area contributed by atoms with Crippen molar-refractivity contribution in [1.82, 2.24) is 20.0 Å². The zero-order valence-corrected chi connectivity index (χ0v) is 15.5. The van der Waals surface area contributed by atoms with Crippen molar-refractivity contribution in [2.75, 3.05) is 13.6 Å². The molecule has 2 amide bonds. The minimum absolute atomic E-state index is 0.000512. The Morgan fingerprint density at radius 3 is 2.46 bits per heavy atom. The molecule has 1 N–H and O–H groups in total. The van der Waals surface area contributed by atoms with Gasteiger partial charge >= 0.3 is 0 Å². The van der Waals surface area contributed by atoms with Crippen LogP contribution in [-0.4, -0.2) is 40.1 Å². The number of carbonyl (C=O) groups excluding carboxylic acids is 2. The highest BCUT2D eigenvalue weighted by Crippen LogP contribution is 2.60. The molecule has 0 aromatic carbocycles. The molecule has 0 spiro atoms. The van der Waals surface area contributed by atoms with Gasteiger partial charge in [-0.25, -0.2) is 0 Å². The third-order valence-electron chi connectivity index (χ3n) is 7.36. The van der Waals surface area contributed by atoms with Crippen LogP contribution in [0.15, 0.2) is 12.3 Å². The second-order valence-electron chi connectivity index (χ2n) is 9.18. The fourth-order valence-electron chi connectivity index (χ4n) is 6.72. The van der Waals surface area contributed by atoms with Crippen molar-refractivity contribution in [2.45, 2.75) is 57.5 Å². The average molecular weight is 356 g/mol. The molecule has 5 aliphatic rings. The highest BCUT2D eigenvalue weighted by atomic mass is 16.2. The number of aromatic nitrogens is 2. The van der Waals surface area contributed by atoms with Gasteiger partial charge in [-0.2, -0.15) is 5.10 Å². The zero-order valence-electron chi connectivity index (χ0n) is 15.5. The van der Waals surface area contributed by atoms with Crippen LogP contribution in [0.4, 0.5) is 0 Å². The SMILES string of the molecule is CNC(=O)CC1CN(C(=O)C23CC4CC(CC(C4)C2)C3)Cc2ccnn21. The van der Waals surface area contributed by atoms with Crippen molar-refractivity contribution in [3.63, 3.8) is 0 Å². The predicted molar refractivity (Wildman–Crippen MR) is 96.0 cm³/mol. The maximum absolute atomic E-state index is 13.7. The van der Waals surface area contributed by atoms with Crippen LogP contribution in [0.2, 0.25) is 0 Å². The molecule has 4 aliphatic carbocycles. The molecule has 6 rings (SSSR count). The van der Waals surface area contributed by atoms with Crippen molar-refractivity contribution in [3.8, 4) is 0 Å². The molecule has 6 heteroatoms. The lowest BCUT2D eigenvalue weighted by molar-refractivity contribution is -0.160. The lowest BCUT2D eigenvalue weighted by atomic mass is 9.49. The molecule has 4 fully saturated rings. The Hall–Kier alpha value is -1.85. The number of hydrogen-bond donors (Lipinski definition) is 1. The molecule has 1 aromatic heterocycles. The van der Waals surface area contributed by atoms with Gasteiger partial charge in [0.2, 0.25) is 11.8 Å². The van der Waals surface area contributed by atoms with Crippen LogP contribution in [-0.2, 0) is 16.1 Å². The van der Waals surface area contributed by atoms with Gasteiger partial charge in [0, 0.05) is 19.8 Å². The van der Waals surface area contributed by atoms with Gasteiger partial charge in [0.1, 0.15) is 0 Å². The number of amides is 2. The molecule has 140 valence electrons. The third kappa shape index (κ3) is 2.48. The van der Waals surface area contributed by atoms with Gasteiger partial charge in [0.05, 0.1) is 30.1 Å². The maximum atomic E-state index is 13.7. The van der Waals surface area contributed by atoms with Gasteiger partial charge < -0.3 is 10.2 Å². The number of rotatable bonds is 3. The van der Waals surface area contributed by atoms with E-state index in [1.165, 1.54) is 19.3 Å². The van der Waals surface area contributed by atoms with Crippen molar-refractivity contribution in [2.24, 2.45) is 23.2 Å². The molecule has 2 heterocycles. The summed E-state index contributed by atoms with van der Waals surface area (Å²) in [5.41, 5.74) is 0.928. The van der Waals surface area contributed by atoms with E-state index in [2.05, 4.69) is 10.4 Å². The van der Waals surface area contributed by atoms with Crippen LogP contribution in [0.25, 0.3) is 0 Å². The molecule has 26 heavy (non-hydrogen) atoms. The van der Waals surface area contributed by atoms with Crippen LogP contribution >= 0.6 is 0 Å². The third-order valence-corrected chi connectivity index (χ3v) is 7.36. The molecule has 0 saturated heterocycles. The summed E-state index contributed by atoms with van der Waals surface area (Å²) >= 11 is 0. The summed E-state index contributed by atoms with van der Waals surface area (Å²) in [6, 6.07) is 1.92. The zero-order chi connectivity index (χ0) is 17.9. The minimum Gasteiger partial charge on any atom is -0.359 e. The molecule has 1 unspecified atom stereocenters. The van der Waals surface area contributed by atoms with Crippen LogP contribution in [0.1, 0.15) is 56.7 Å². The largest absolute Gasteiger partial charge is 0.359 e. The molecule has 6 nitrogen and oxygen atoms in total. The summed E-state index contributed by atoms with van der Waals surface area (Å²) in [6.45, 7) is 1.23. The molecule has 1 aliphatic heterocycles. The Morgan fingerprint density at radius 1 is 1.19 bits per heavy atom. The van der Waals surface area contributed by atoms with Crippen LogP contribution in [0.3, 0.4) is 0 Å². The molecular formula is C20H28N4O2. The van der Waals surface area contributed by atoms with Crippen molar-refractivity contribution in [1.29, 1.82) is 0 Å². The molecule has 1 atom stereocenters. The fraction of sp³-hybridized carbons (Fsp3) is 0.750. The second-order valence-corrected chi connectivity index (χ2v) is 9.18. The van der Waals surface area contributed by atoms with Gasteiger partial charge in [-0.3, -0.25) is 14.3 Å². The number of nitrogens with one attached hydrogen (secondary N) is 1. The molecular weight excluding hydrogens is 328 g/mol. The standard InChI is InChI=1S/C20H28N4O2/c1-21-18(25)7-17-12-23(11-16-2-3-22-24(16)17)19(26)20-8-13-4-14(9-20)6-15(5-13)10-20/h2-3,13-15,17H,4-12H2,1H3,(H,21,25). The summed E-state index contributed by atoms with van der Waals surface area (Å²) < 4.78 is 1.94. The quantitative estimate of drug-likeness (QED) is 0.902. The number of carbonyl (C=O) groups is 2. The second kappa shape index (κ2) is 5.83. The molecule has 4 saturated carbocycles. The fourth-order valence-corrected chi connectivity index (χ4v) is 6.72. The van der Waals surface area contributed by atoms with Crippen molar-refractivity contribution < 1.29 is 9.59 Å². The molecule has 1 aromatic rings. The van der Waals surface area contributed by atoms with E-state index in [1.54, 1.807) is 13.2 Å². The summed E-state index contributed by atoms with van der Waals surface area (Å²) in [5.74, 6) is 2.65. The Bertz CT molecular complexity index is 705. The topological polar surface area (TPSA) is 67.2 Å². The van der Waals surface area contributed by atoms with Crippen molar-refractivity contribution >= 4 is 11.8 Å². The van der Waals surface area contributed by atoms with Crippen molar-refractivity contribution in [3.05, 3.63) is 18.0 Å². The summed E-state index contributed by atoms with van der Waals surface area (Å²) in [6.07, 6.45) is 9.46. The summed E-state index contributed by atoms with van der Waals surface area (Å²) in [5, 5.41) is 7.11. The van der Waals surface area contributed by atoms with E-state index in [0.717, 1.165) is 42.7 Å². The lowest BCUT2D eigenvalue weighted by Gasteiger charge is -2.57. The summed E-state index contributed by atoms with van der Waals surface area (Å²) in [4.78, 5) is 27.7. The lowest BCUT2D eigenvalue weighted by Crippen LogP contribution is -2.56. The minimum atomic E-state index is -0.117. The Balaban J connectivity index is 1.40. The number of nitrogens with zero attached hydrogens (tertiary/aromatic N) is 3. The summed E-state index contributed by atoms with van der Waals surface area (Å²) in [7, 11) is 1.66. The number of fused-ring (bicyclic) bond motifs is 1. The highest BCUT2D eigenvalue weighted by molar-refractivity contribution is 5.83. The number of hydrogen-bond acceptors (Lipinski definition) is 3. The maximum Gasteiger partial charge on any atom is 0.229 e. The first-order valence-corrected chi connectivity index (χ1v) is 10.1. The van der Waals surface area contributed by atoms with E-state index < -0.39 is 0 Å². The Labute approximate surface area is 154 Å². The van der Waals surface area contributed by atoms with E-state index >= 15 is 0 Å². The van der Waals surface area contributed by atoms with Gasteiger partial charge in [0.15, 0.2) is 0 Å². The molecule has 0 radical (unpaired) electrons. The molecule has 4 bridgehead atoms. The first-order valence-electron chi connectivity index (χ1n) is 10.1. The first-order chi connectivity index (χ1) is 12.6. The Kier molecular flexibility index (Phi) is 3.66. The van der Waals surface area contributed by atoms with E-state index in [1.807, 2.05) is 15.6 Å². The van der Waals surface area contributed by atoms with Gasteiger partial charge in [-0.05, 0) is 62.3 Å². The normalized spacial score (nSPS) is 37.5. The highest BCUT2D eigenvalue weighted by Gasteiger charge is 2.56. The van der Waals surface area contributed by atoms with Gasteiger partial charge in [0.25, 0.3) is 0 Å². The van der Waals surface area contributed by atoms with Gasteiger partial charge in [-0.15, -0.1) is 0 Å². The van der Waals surface area contributed by atoms with Crippen LogP contribution < -0.4 is 5.32 Å².